The van der Waals surface area contributed by atoms with Gasteiger partial charge in [0.1, 0.15) is 4.99 Å². The van der Waals surface area contributed by atoms with Gasteiger partial charge >= 0.3 is 0 Å². The highest BCUT2D eigenvalue weighted by Gasteiger charge is 2.40. The summed E-state index contributed by atoms with van der Waals surface area (Å²) in [5.41, 5.74) is 7.89. The molecule has 1 aromatic carbocycles. The molecule has 3 rings (SSSR count). The van der Waals surface area contributed by atoms with Crippen molar-refractivity contribution in [3.8, 4) is 0 Å². The summed E-state index contributed by atoms with van der Waals surface area (Å²) in [7, 11) is 0. The van der Waals surface area contributed by atoms with Crippen LogP contribution in [0.1, 0.15) is 24.0 Å². The van der Waals surface area contributed by atoms with Gasteiger partial charge in [-0.3, -0.25) is 9.69 Å². The maximum absolute atomic E-state index is 11.8. The van der Waals surface area contributed by atoms with Crippen molar-refractivity contribution in [1.82, 2.24) is 10.2 Å². The first-order valence-corrected chi connectivity index (χ1v) is 7.47. The average molecular weight is 289 g/mol. The minimum atomic E-state index is 0.153. The fraction of sp³-hybridized carbons (Fsp3) is 0.467. The van der Waals surface area contributed by atoms with Crippen molar-refractivity contribution in [3.05, 3.63) is 35.4 Å². The third-order valence-electron chi connectivity index (χ3n) is 4.37. The second kappa shape index (κ2) is 5.50. The lowest BCUT2D eigenvalue weighted by Crippen LogP contribution is -2.45. The molecule has 0 radical (unpaired) electrons. The number of nitrogens with one attached hydrogen (secondary N) is 1. The monoisotopic (exact) mass is 289 g/mol. The van der Waals surface area contributed by atoms with E-state index in [4.69, 9.17) is 18.0 Å². The fourth-order valence-electron chi connectivity index (χ4n) is 3.35. The van der Waals surface area contributed by atoms with E-state index in [9.17, 15) is 4.79 Å². The second-order valence-corrected chi connectivity index (χ2v) is 5.99. The van der Waals surface area contributed by atoms with Crippen molar-refractivity contribution in [2.45, 2.75) is 25.4 Å². The van der Waals surface area contributed by atoms with Crippen LogP contribution in [0.2, 0.25) is 0 Å². The van der Waals surface area contributed by atoms with Crippen molar-refractivity contribution < 1.29 is 4.79 Å². The third-order valence-corrected chi connectivity index (χ3v) is 4.59. The van der Waals surface area contributed by atoms with E-state index < -0.39 is 0 Å². The molecular weight excluding hydrogens is 270 g/mol. The molecule has 0 spiro atoms. The number of benzene rings is 1. The van der Waals surface area contributed by atoms with Crippen LogP contribution in [-0.4, -0.2) is 34.9 Å². The van der Waals surface area contributed by atoms with Crippen molar-refractivity contribution in [1.29, 1.82) is 0 Å². The number of carbonyl (C=O) groups excluding carboxylic acids is 1. The van der Waals surface area contributed by atoms with Gasteiger partial charge < -0.3 is 11.1 Å². The van der Waals surface area contributed by atoms with Crippen LogP contribution in [0.25, 0.3) is 0 Å². The largest absolute Gasteiger partial charge is 0.389 e. The van der Waals surface area contributed by atoms with E-state index in [1.165, 1.54) is 0 Å². The lowest BCUT2D eigenvalue weighted by Gasteiger charge is -2.36. The number of fused-ring (bicyclic) bond motifs is 1. The first kappa shape index (κ1) is 13.5. The molecule has 2 aliphatic rings. The van der Waals surface area contributed by atoms with E-state index in [1.54, 1.807) is 0 Å². The minimum absolute atomic E-state index is 0.153. The molecule has 1 aromatic rings. The summed E-state index contributed by atoms with van der Waals surface area (Å²) in [5, 5.41) is 2.98. The fourth-order valence-corrected chi connectivity index (χ4v) is 3.55. The molecule has 2 heterocycles. The maximum Gasteiger partial charge on any atom is 0.224 e. The van der Waals surface area contributed by atoms with Crippen LogP contribution in [0, 0.1) is 5.92 Å². The lowest BCUT2D eigenvalue weighted by molar-refractivity contribution is -0.124. The normalized spacial score (nSPS) is 26.1. The molecule has 1 amide bonds. The Hall–Kier alpha value is -1.46. The van der Waals surface area contributed by atoms with E-state index in [1.807, 2.05) is 18.2 Å². The lowest BCUT2D eigenvalue weighted by atomic mass is 9.91. The number of hydrogen-bond acceptors (Lipinski definition) is 3. The van der Waals surface area contributed by atoms with Crippen LogP contribution in [0.4, 0.5) is 0 Å². The highest BCUT2D eigenvalue weighted by Crippen LogP contribution is 2.29. The van der Waals surface area contributed by atoms with Crippen LogP contribution in [0.5, 0.6) is 0 Å². The topological polar surface area (TPSA) is 58.4 Å². The van der Waals surface area contributed by atoms with Crippen molar-refractivity contribution >= 4 is 23.1 Å². The summed E-state index contributed by atoms with van der Waals surface area (Å²) in [6.07, 6.45) is 2.08. The predicted molar refractivity (Wildman–Crippen MR) is 82.3 cm³/mol. The van der Waals surface area contributed by atoms with Gasteiger partial charge in [-0.05, 0) is 24.9 Å². The molecule has 5 heteroatoms. The molecule has 3 N–H and O–H groups in total. The zero-order valence-electron chi connectivity index (χ0n) is 11.3. The summed E-state index contributed by atoms with van der Waals surface area (Å²) in [4.78, 5) is 14.6. The number of hydrogen-bond donors (Lipinski definition) is 2. The van der Waals surface area contributed by atoms with Gasteiger partial charge in [-0.1, -0.05) is 36.5 Å². The van der Waals surface area contributed by atoms with Gasteiger partial charge in [-0.25, -0.2) is 0 Å². The van der Waals surface area contributed by atoms with Crippen LogP contribution in [-0.2, 0) is 11.3 Å². The van der Waals surface area contributed by atoms with Crippen molar-refractivity contribution in [2.24, 2.45) is 11.7 Å². The number of piperidine rings is 1. The first-order valence-electron chi connectivity index (χ1n) is 7.06. The Labute approximate surface area is 124 Å². The molecule has 4 nitrogen and oxygen atoms in total. The summed E-state index contributed by atoms with van der Waals surface area (Å²) in [5.74, 6) is 0.364. The molecule has 2 fully saturated rings. The van der Waals surface area contributed by atoms with Crippen LogP contribution in [0.3, 0.4) is 0 Å². The van der Waals surface area contributed by atoms with Gasteiger partial charge in [0.05, 0.1) is 5.92 Å². The second-order valence-electron chi connectivity index (χ2n) is 5.55. The van der Waals surface area contributed by atoms with Gasteiger partial charge in [0.2, 0.25) is 5.91 Å². The average Bonchev–Trinajstić information content (AvgIpc) is 2.82. The molecule has 0 saturated carbocycles. The van der Waals surface area contributed by atoms with Gasteiger partial charge in [0.25, 0.3) is 0 Å². The standard InChI is InChI=1S/C15H19N3OS/c16-14(20)11-5-2-1-4-10(11)9-18-7-3-6-12-13(18)8-17-15(12)19/h1-2,4-5,12-13H,3,6-9H2,(H2,16,20)(H,17,19). The van der Waals surface area contributed by atoms with E-state index in [2.05, 4.69) is 16.3 Å². The van der Waals surface area contributed by atoms with E-state index in [0.29, 0.717) is 11.0 Å². The Morgan fingerprint density at radius 1 is 1.45 bits per heavy atom. The summed E-state index contributed by atoms with van der Waals surface area (Å²) >= 11 is 5.12. The quantitative estimate of drug-likeness (QED) is 0.816. The number of amides is 1. The Morgan fingerprint density at radius 3 is 3.05 bits per heavy atom. The molecule has 0 bridgehead atoms. The highest BCUT2D eigenvalue weighted by atomic mass is 32.1. The Balaban J connectivity index is 1.81. The van der Waals surface area contributed by atoms with Crippen LogP contribution < -0.4 is 11.1 Å². The SMILES string of the molecule is NC(=S)c1ccccc1CN1CCCC2C(=O)NCC21. The third kappa shape index (κ3) is 2.43. The molecule has 2 unspecified atom stereocenters. The number of rotatable bonds is 3. The molecule has 0 aromatic heterocycles. The molecule has 2 saturated heterocycles. The molecule has 20 heavy (non-hydrogen) atoms. The number of carbonyl (C=O) groups is 1. The first-order chi connectivity index (χ1) is 9.66. The van der Waals surface area contributed by atoms with Gasteiger partial charge in [0.15, 0.2) is 0 Å². The zero-order valence-corrected chi connectivity index (χ0v) is 12.2. The van der Waals surface area contributed by atoms with E-state index in [0.717, 1.165) is 43.6 Å². The maximum atomic E-state index is 11.8. The van der Waals surface area contributed by atoms with Gasteiger partial charge in [-0.2, -0.15) is 0 Å². The highest BCUT2D eigenvalue weighted by molar-refractivity contribution is 7.80. The predicted octanol–water partition coefficient (Wildman–Crippen LogP) is 1.03. The number of thiocarbonyl (C=S) groups is 1. The number of nitrogens with zero attached hydrogens (tertiary/aromatic N) is 1. The van der Waals surface area contributed by atoms with Gasteiger partial charge in [0, 0.05) is 24.7 Å². The molecule has 2 aliphatic heterocycles. The summed E-state index contributed by atoms with van der Waals surface area (Å²) in [6.45, 7) is 2.60. The smallest absolute Gasteiger partial charge is 0.224 e. The van der Waals surface area contributed by atoms with Crippen molar-refractivity contribution in [3.63, 3.8) is 0 Å². The number of likely N-dealkylation sites (tertiary alicyclic amines) is 1. The Kier molecular flexibility index (Phi) is 3.72. The summed E-state index contributed by atoms with van der Waals surface area (Å²) < 4.78 is 0. The molecule has 106 valence electrons. The molecular formula is C15H19N3OS. The van der Waals surface area contributed by atoms with E-state index >= 15 is 0 Å². The number of nitrogens with two attached hydrogens (primary N) is 1. The van der Waals surface area contributed by atoms with Gasteiger partial charge in [-0.15, -0.1) is 0 Å². The van der Waals surface area contributed by atoms with E-state index in [-0.39, 0.29) is 11.8 Å². The molecule has 2 atom stereocenters. The molecule has 0 aliphatic carbocycles. The summed E-state index contributed by atoms with van der Waals surface area (Å²) in [6, 6.07) is 8.32. The van der Waals surface area contributed by atoms with Crippen LogP contribution in [0.15, 0.2) is 24.3 Å². The van der Waals surface area contributed by atoms with Crippen molar-refractivity contribution in [2.75, 3.05) is 13.1 Å². The Morgan fingerprint density at radius 2 is 2.25 bits per heavy atom. The van der Waals surface area contributed by atoms with Crippen LogP contribution >= 0.6 is 12.2 Å². The minimum Gasteiger partial charge on any atom is -0.389 e. The Bertz CT molecular complexity index is 546. The zero-order chi connectivity index (χ0) is 14.1.